The van der Waals surface area contributed by atoms with Gasteiger partial charge < -0.3 is 15.4 Å². The number of halogens is 1. The zero-order valence-corrected chi connectivity index (χ0v) is 16.4. The first-order valence-corrected chi connectivity index (χ1v) is 9.49. The Morgan fingerprint density at radius 2 is 1.79 bits per heavy atom. The van der Waals surface area contributed by atoms with E-state index in [0.717, 1.165) is 29.1 Å². The van der Waals surface area contributed by atoms with Crippen molar-refractivity contribution in [1.82, 2.24) is 10.3 Å². The number of aromatic nitrogens is 1. The van der Waals surface area contributed by atoms with Gasteiger partial charge in [0.2, 0.25) is 0 Å². The van der Waals surface area contributed by atoms with E-state index in [4.69, 9.17) is 16.3 Å². The third-order valence-corrected chi connectivity index (χ3v) is 4.32. The topological polar surface area (TPSA) is 63.2 Å². The first-order chi connectivity index (χ1) is 13.6. The average molecular weight is 396 g/mol. The van der Waals surface area contributed by atoms with Gasteiger partial charge in [-0.15, -0.1) is 0 Å². The van der Waals surface area contributed by atoms with E-state index >= 15 is 0 Å². The predicted octanol–water partition coefficient (Wildman–Crippen LogP) is 4.85. The number of hydrogen-bond donors (Lipinski definition) is 2. The van der Waals surface area contributed by atoms with Crippen LogP contribution in [0.1, 0.15) is 22.8 Å². The molecule has 28 heavy (non-hydrogen) atoms. The zero-order chi connectivity index (χ0) is 19.8. The fourth-order valence-corrected chi connectivity index (χ4v) is 2.80. The molecule has 1 aromatic heterocycles. The van der Waals surface area contributed by atoms with Crippen LogP contribution >= 0.6 is 11.6 Å². The highest BCUT2D eigenvalue weighted by Crippen LogP contribution is 2.20. The van der Waals surface area contributed by atoms with Crippen molar-refractivity contribution in [3.8, 4) is 5.75 Å². The number of anilines is 2. The Morgan fingerprint density at radius 1 is 1.04 bits per heavy atom. The highest BCUT2D eigenvalue weighted by molar-refractivity contribution is 6.30. The first kappa shape index (κ1) is 19.7. The van der Waals surface area contributed by atoms with E-state index in [0.29, 0.717) is 23.7 Å². The summed E-state index contributed by atoms with van der Waals surface area (Å²) in [6.07, 6.45) is 3.97. The monoisotopic (exact) mass is 395 g/mol. The molecule has 1 heterocycles. The molecular formula is C22H22ClN3O2. The van der Waals surface area contributed by atoms with Crippen molar-refractivity contribution < 1.29 is 9.53 Å². The van der Waals surface area contributed by atoms with Gasteiger partial charge in [0, 0.05) is 23.5 Å². The van der Waals surface area contributed by atoms with Gasteiger partial charge in [-0.05, 0) is 61.4 Å². The molecule has 0 aliphatic heterocycles. The maximum atomic E-state index is 12.4. The molecule has 1 amide bonds. The quantitative estimate of drug-likeness (QED) is 0.572. The summed E-state index contributed by atoms with van der Waals surface area (Å²) in [5.74, 6) is 0.664. The van der Waals surface area contributed by atoms with Crippen molar-refractivity contribution in [1.29, 1.82) is 0 Å². The van der Waals surface area contributed by atoms with Gasteiger partial charge in [-0.25, -0.2) is 0 Å². The lowest BCUT2D eigenvalue weighted by Crippen LogP contribution is -2.25. The number of amides is 1. The molecule has 0 radical (unpaired) electrons. The highest BCUT2D eigenvalue weighted by Gasteiger charge is 2.07. The number of benzene rings is 2. The van der Waals surface area contributed by atoms with Crippen LogP contribution in [0.4, 0.5) is 11.4 Å². The first-order valence-electron chi connectivity index (χ1n) is 9.11. The number of pyridine rings is 1. The fourth-order valence-electron chi connectivity index (χ4n) is 2.67. The normalized spacial score (nSPS) is 10.4. The molecule has 2 aromatic carbocycles. The number of rotatable bonds is 8. The van der Waals surface area contributed by atoms with Crippen LogP contribution < -0.4 is 15.4 Å². The summed E-state index contributed by atoms with van der Waals surface area (Å²) in [7, 11) is 0. The summed E-state index contributed by atoms with van der Waals surface area (Å²) >= 11 is 5.88. The van der Waals surface area contributed by atoms with Crippen LogP contribution in [0.2, 0.25) is 5.02 Å². The summed E-state index contributed by atoms with van der Waals surface area (Å²) < 4.78 is 5.44. The van der Waals surface area contributed by atoms with Gasteiger partial charge in [-0.1, -0.05) is 23.7 Å². The maximum absolute atomic E-state index is 12.4. The number of hydrogen-bond acceptors (Lipinski definition) is 4. The molecule has 0 aliphatic carbocycles. The molecule has 0 spiro atoms. The third kappa shape index (κ3) is 5.72. The van der Waals surface area contributed by atoms with Crippen molar-refractivity contribution >= 4 is 28.9 Å². The van der Waals surface area contributed by atoms with Gasteiger partial charge in [0.15, 0.2) is 0 Å². The number of carbonyl (C=O) groups excluding carboxylic acids is 1. The smallest absolute Gasteiger partial charge is 0.252 e. The van der Waals surface area contributed by atoms with Gasteiger partial charge >= 0.3 is 0 Å². The minimum absolute atomic E-state index is 0.156. The van der Waals surface area contributed by atoms with Crippen LogP contribution in [0, 0.1) is 0 Å². The highest BCUT2D eigenvalue weighted by atomic mass is 35.5. The average Bonchev–Trinajstić information content (AvgIpc) is 2.71. The number of ether oxygens (including phenoxy) is 1. The van der Waals surface area contributed by atoms with Crippen molar-refractivity contribution in [2.45, 2.75) is 13.3 Å². The van der Waals surface area contributed by atoms with E-state index in [1.165, 1.54) is 0 Å². The number of nitrogens with zero attached hydrogens (tertiary/aromatic N) is 1. The Morgan fingerprint density at radius 3 is 2.50 bits per heavy atom. The molecule has 0 aliphatic rings. The predicted molar refractivity (Wildman–Crippen MR) is 113 cm³/mol. The summed E-state index contributed by atoms with van der Waals surface area (Å²) in [4.78, 5) is 16.6. The lowest BCUT2D eigenvalue weighted by atomic mass is 10.1. The fraction of sp³-hybridized carbons (Fsp3) is 0.182. The molecule has 6 heteroatoms. The van der Waals surface area contributed by atoms with Crippen molar-refractivity contribution in [2.24, 2.45) is 0 Å². The third-order valence-electron chi connectivity index (χ3n) is 4.07. The number of nitrogens with one attached hydrogen (secondary N) is 2. The molecular weight excluding hydrogens is 374 g/mol. The van der Waals surface area contributed by atoms with Crippen LogP contribution in [0.25, 0.3) is 0 Å². The minimum Gasteiger partial charge on any atom is -0.494 e. The molecule has 0 unspecified atom stereocenters. The molecule has 3 aromatic rings. The van der Waals surface area contributed by atoms with Crippen LogP contribution in [0.15, 0.2) is 67.0 Å². The van der Waals surface area contributed by atoms with E-state index < -0.39 is 0 Å². The number of carbonyl (C=O) groups is 1. The largest absolute Gasteiger partial charge is 0.494 e. The zero-order valence-electron chi connectivity index (χ0n) is 15.6. The Bertz CT molecular complexity index is 912. The molecule has 0 saturated carbocycles. The van der Waals surface area contributed by atoms with Gasteiger partial charge in [-0.3, -0.25) is 9.78 Å². The van der Waals surface area contributed by atoms with Gasteiger partial charge in [0.25, 0.3) is 5.91 Å². The molecule has 0 fully saturated rings. The van der Waals surface area contributed by atoms with E-state index in [9.17, 15) is 4.79 Å². The molecule has 5 nitrogen and oxygen atoms in total. The lowest BCUT2D eigenvalue weighted by Gasteiger charge is -2.10. The Balaban J connectivity index is 1.55. The summed E-state index contributed by atoms with van der Waals surface area (Å²) in [6, 6.07) is 17.0. The summed E-state index contributed by atoms with van der Waals surface area (Å²) in [5, 5.41) is 6.87. The van der Waals surface area contributed by atoms with Crippen molar-refractivity contribution in [3.05, 3.63) is 83.1 Å². The van der Waals surface area contributed by atoms with Crippen LogP contribution in [0.3, 0.4) is 0 Å². The second-order valence-electron chi connectivity index (χ2n) is 6.18. The Kier molecular flexibility index (Phi) is 6.87. The minimum atomic E-state index is -0.156. The molecule has 3 rings (SSSR count). The summed E-state index contributed by atoms with van der Waals surface area (Å²) in [6.45, 7) is 3.12. The molecule has 2 N–H and O–H groups in total. The van der Waals surface area contributed by atoms with E-state index in [-0.39, 0.29) is 5.91 Å². The van der Waals surface area contributed by atoms with E-state index in [2.05, 4.69) is 15.6 Å². The van der Waals surface area contributed by atoms with Crippen LogP contribution in [0.5, 0.6) is 5.75 Å². The molecule has 0 atom stereocenters. The van der Waals surface area contributed by atoms with Crippen molar-refractivity contribution in [3.63, 3.8) is 0 Å². The van der Waals surface area contributed by atoms with E-state index in [1.807, 2.05) is 55.5 Å². The second-order valence-corrected chi connectivity index (χ2v) is 6.61. The molecule has 0 saturated heterocycles. The Hall–Kier alpha value is -3.05. The van der Waals surface area contributed by atoms with Gasteiger partial charge in [-0.2, -0.15) is 0 Å². The molecule has 144 valence electrons. The second kappa shape index (κ2) is 9.76. The van der Waals surface area contributed by atoms with Gasteiger partial charge in [0.05, 0.1) is 24.1 Å². The SMILES string of the molecule is CCOc1ccc(Nc2cncc(C(=O)NCCc3ccc(Cl)cc3)c2)cc1. The molecule has 0 bridgehead atoms. The lowest BCUT2D eigenvalue weighted by molar-refractivity contribution is 0.0954. The van der Waals surface area contributed by atoms with Crippen LogP contribution in [-0.4, -0.2) is 24.0 Å². The maximum Gasteiger partial charge on any atom is 0.252 e. The van der Waals surface area contributed by atoms with Crippen LogP contribution in [-0.2, 0) is 6.42 Å². The summed E-state index contributed by atoms with van der Waals surface area (Å²) in [5.41, 5.74) is 3.26. The standard InChI is InChI=1S/C22H22ClN3O2/c1-2-28-21-9-7-19(8-10-21)26-20-13-17(14-24-15-20)22(27)25-12-11-16-3-5-18(23)6-4-16/h3-10,13-15,26H,2,11-12H2,1H3,(H,25,27). The van der Waals surface area contributed by atoms with Crippen molar-refractivity contribution in [2.75, 3.05) is 18.5 Å². The van der Waals surface area contributed by atoms with E-state index in [1.54, 1.807) is 18.5 Å². The van der Waals surface area contributed by atoms with Gasteiger partial charge in [0.1, 0.15) is 5.75 Å². The Labute approximate surface area is 169 Å².